The van der Waals surface area contributed by atoms with Crippen LogP contribution < -0.4 is 0 Å². The molecule has 0 saturated heterocycles. The molecule has 1 amide bonds. The third kappa shape index (κ3) is 1.49. The molecule has 0 unspecified atom stereocenters. The van der Waals surface area contributed by atoms with Crippen LogP contribution in [0.1, 0.15) is 6.42 Å². The number of amides is 1. The van der Waals surface area contributed by atoms with Crippen LogP contribution >= 0.6 is 0 Å². The van der Waals surface area contributed by atoms with Crippen molar-refractivity contribution in [1.82, 2.24) is 0 Å². The standard InChI is InChI=1S/C7H7N5O2/c1-14-3-2-4-8-6-5(7(13)9-4)10-12-11-6/h2-3H2,1H3. The topological polar surface area (TPSA) is 88.1 Å². The maximum Gasteiger partial charge on any atom is 0.303 e. The van der Waals surface area contributed by atoms with E-state index in [2.05, 4.69) is 25.4 Å². The van der Waals surface area contributed by atoms with Gasteiger partial charge in [0.2, 0.25) is 11.5 Å². The van der Waals surface area contributed by atoms with Gasteiger partial charge in [-0.3, -0.25) is 4.79 Å². The normalized spacial score (nSPS) is 18.9. The molecule has 72 valence electrons. The van der Waals surface area contributed by atoms with Gasteiger partial charge in [-0.2, -0.15) is 4.99 Å². The van der Waals surface area contributed by atoms with Crippen LogP contribution in [0.15, 0.2) is 25.4 Å². The molecule has 0 aromatic carbocycles. The lowest BCUT2D eigenvalue weighted by Crippen LogP contribution is -2.25. The zero-order chi connectivity index (χ0) is 9.97. The molecule has 2 aliphatic rings. The highest BCUT2D eigenvalue weighted by Crippen LogP contribution is 2.08. The van der Waals surface area contributed by atoms with Crippen molar-refractivity contribution in [2.75, 3.05) is 13.7 Å². The second-order valence-corrected chi connectivity index (χ2v) is 2.65. The molecule has 0 aromatic heterocycles. The van der Waals surface area contributed by atoms with Crippen LogP contribution in [-0.2, 0) is 9.53 Å². The van der Waals surface area contributed by atoms with Gasteiger partial charge in [0, 0.05) is 13.5 Å². The fraction of sp³-hybridized carbons (Fsp3) is 0.429. The van der Waals surface area contributed by atoms with Crippen LogP contribution in [0.3, 0.4) is 0 Å². The molecular formula is C7H7N5O2. The van der Waals surface area contributed by atoms with Gasteiger partial charge < -0.3 is 4.74 Å². The number of hydrogen-bond donors (Lipinski definition) is 0. The van der Waals surface area contributed by atoms with Gasteiger partial charge in [0.05, 0.1) is 6.61 Å². The highest BCUT2D eigenvalue weighted by molar-refractivity contribution is 6.69. The van der Waals surface area contributed by atoms with Crippen molar-refractivity contribution < 1.29 is 9.53 Å². The van der Waals surface area contributed by atoms with E-state index in [4.69, 9.17) is 4.74 Å². The van der Waals surface area contributed by atoms with Crippen LogP contribution in [0.2, 0.25) is 0 Å². The molecule has 0 bridgehead atoms. The lowest BCUT2D eigenvalue weighted by Gasteiger charge is -2.05. The minimum atomic E-state index is -0.439. The number of ether oxygens (including phenoxy) is 1. The van der Waals surface area contributed by atoms with Crippen LogP contribution in [0.25, 0.3) is 0 Å². The highest BCUT2D eigenvalue weighted by Gasteiger charge is 2.26. The van der Waals surface area contributed by atoms with Gasteiger partial charge in [0.25, 0.3) is 0 Å². The molecule has 7 nitrogen and oxygen atoms in total. The molecular weight excluding hydrogens is 186 g/mol. The Balaban J connectivity index is 2.18. The molecule has 2 heterocycles. The third-order valence-corrected chi connectivity index (χ3v) is 1.69. The van der Waals surface area contributed by atoms with Crippen molar-refractivity contribution in [2.45, 2.75) is 6.42 Å². The number of amidine groups is 2. The summed E-state index contributed by atoms with van der Waals surface area (Å²) < 4.78 is 4.85. The minimum Gasteiger partial charge on any atom is -0.384 e. The largest absolute Gasteiger partial charge is 0.384 e. The molecule has 0 aliphatic carbocycles. The number of aliphatic imine (C=N–C) groups is 2. The average molecular weight is 193 g/mol. The maximum atomic E-state index is 11.3. The molecule has 0 saturated carbocycles. The second kappa shape index (κ2) is 3.54. The monoisotopic (exact) mass is 193 g/mol. The summed E-state index contributed by atoms with van der Waals surface area (Å²) in [4.78, 5) is 19.0. The molecule has 0 spiro atoms. The van der Waals surface area contributed by atoms with Gasteiger partial charge in [-0.1, -0.05) is 0 Å². The van der Waals surface area contributed by atoms with E-state index < -0.39 is 5.91 Å². The Hall–Kier alpha value is -1.76. The van der Waals surface area contributed by atoms with E-state index in [9.17, 15) is 4.79 Å². The molecule has 2 aliphatic heterocycles. The maximum absolute atomic E-state index is 11.3. The van der Waals surface area contributed by atoms with Gasteiger partial charge in [-0.25, -0.2) is 4.99 Å². The first-order chi connectivity index (χ1) is 6.81. The van der Waals surface area contributed by atoms with Crippen molar-refractivity contribution in [3.8, 4) is 0 Å². The first-order valence-corrected chi connectivity index (χ1v) is 4.00. The number of carbonyl (C=O) groups is 1. The van der Waals surface area contributed by atoms with Gasteiger partial charge in [-0.15, -0.1) is 10.2 Å². The lowest BCUT2D eigenvalue weighted by molar-refractivity contribution is -0.111. The summed E-state index contributed by atoms with van der Waals surface area (Å²) in [6.45, 7) is 0.465. The number of nitrogens with zero attached hydrogens (tertiary/aromatic N) is 5. The Morgan fingerprint density at radius 2 is 2.21 bits per heavy atom. The first-order valence-electron chi connectivity index (χ1n) is 4.00. The predicted molar refractivity (Wildman–Crippen MR) is 48.7 cm³/mol. The quantitative estimate of drug-likeness (QED) is 0.640. The Kier molecular flexibility index (Phi) is 2.23. The zero-order valence-electron chi connectivity index (χ0n) is 7.47. The Labute approximate surface area is 79.3 Å². The SMILES string of the molecule is COCCC1=NC(=O)C2=NN=NC2=N1. The molecule has 0 N–H and O–H groups in total. The third-order valence-electron chi connectivity index (χ3n) is 1.69. The number of carbonyl (C=O) groups excluding carboxylic acids is 1. The van der Waals surface area contributed by atoms with E-state index in [1.807, 2.05) is 0 Å². The number of fused-ring (bicyclic) bond motifs is 1. The molecule has 0 atom stereocenters. The van der Waals surface area contributed by atoms with E-state index >= 15 is 0 Å². The Morgan fingerprint density at radius 3 is 3.00 bits per heavy atom. The van der Waals surface area contributed by atoms with E-state index in [1.165, 1.54) is 0 Å². The molecule has 0 fully saturated rings. The number of rotatable bonds is 3. The van der Waals surface area contributed by atoms with E-state index in [1.54, 1.807) is 7.11 Å². The number of methoxy groups -OCH3 is 1. The van der Waals surface area contributed by atoms with Gasteiger partial charge in [0.15, 0.2) is 0 Å². The Bertz CT molecular complexity index is 393. The summed E-state index contributed by atoms with van der Waals surface area (Å²) in [6.07, 6.45) is 0.481. The van der Waals surface area contributed by atoms with Crippen LogP contribution in [0.4, 0.5) is 0 Å². The van der Waals surface area contributed by atoms with E-state index in [0.29, 0.717) is 18.9 Å². The van der Waals surface area contributed by atoms with Crippen LogP contribution in [-0.4, -0.2) is 37.0 Å². The Morgan fingerprint density at radius 1 is 1.36 bits per heavy atom. The summed E-state index contributed by atoms with van der Waals surface area (Å²) in [5, 5.41) is 10.5. The van der Waals surface area contributed by atoms with Crippen molar-refractivity contribution in [1.29, 1.82) is 0 Å². The van der Waals surface area contributed by atoms with Crippen molar-refractivity contribution in [3.05, 3.63) is 0 Å². The average Bonchev–Trinajstić information content (AvgIpc) is 2.63. The van der Waals surface area contributed by atoms with Gasteiger partial charge in [-0.05, 0) is 5.22 Å². The molecule has 7 heteroatoms. The smallest absolute Gasteiger partial charge is 0.303 e. The fourth-order valence-electron chi connectivity index (χ4n) is 1.04. The van der Waals surface area contributed by atoms with Crippen LogP contribution in [0, 0.1) is 0 Å². The second-order valence-electron chi connectivity index (χ2n) is 2.65. The lowest BCUT2D eigenvalue weighted by atomic mass is 10.3. The van der Waals surface area contributed by atoms with E-state index in [-0.39, 0.29) is 11.5 Å². The summed E-state index contributed by atoms with van der Waals surface area (Å²) in [5.74, 6) is 0.217. The van der Waals surface area contributed by atoms with Crippen molar-refractivity contribution >= 4 is 23.3 Å². The minimum absolute atomic E-state index is 0.117. The van der Waals surface area contributed by atoms with Crippen LogP contribution in [0.5, 0.6) is 0 Å². The predicted octanol–water partition coefficient (Wildman–Crippen LogP) is 0.182. The summed E-state index contributed by atoms with van der Waals surface area (Å²) in [5.41, 5.74) is 0.117. The molecule has 14 heavy (non-hydrogen) atoms. The summed E-state index contributed by atoms with van der Waals surface area (Å²) in [7, 11) is 1.57. The van der Waals surface area contributed by atoms with E-state index in [0.717, 1.165) is 0 Å². The molecule has 2 rings (SSSR count). The highest BCUT2D eigenvalue weighted by atomic mass is 16.5. The molecule has 0 aromatic rings. The summed E-state index contributed by atoms with van der Waals surface area (Å²) in [6, 6.07) is 0. The summed E-state index contributed by atoms with van der Waals surface area (Å²) >= 11 is 0. The zero-order valence-corrected chi connectivity index (χ0v) is 7.47. The van der Waals surface area contributed by atoms with Gasteiger partial charge >= 0.3 is 5.91 Å². The number of hydrogen-bond acceptors (Lipinski definition) is 6. The van der Waals surface area contributed by atoms with Gasteiger partial charge in [0.1, 0.15) is 5.84 Å². The molecule has 0 radical (unpaired) electrons. The van der Waals surface area contributed by atoms with Crippen molar-refractivity contribution in [2.24, 2.45) is 25.4 Å². The van der Waals surface area contributed by atoms with Crippen molar-refractivity contribution in [3.63, 3.8) is 0 Å². The fourth-order valence-corrected chi connectivity index (χ4v) is 1.04. The first kappa shape index (κ1) is 8.82.